The van der Waals surface area contributed by atoms with Crippen molar-refractivity contribution >= 4 is 0 Å². The molecule has 0 amide bonds. The molecule has 16 heavy (non-hydrogen) atoms. The molecule has 0 aromatic heterocycles. The summed E-state index contributed by atoms with van der Waals surface area (Å²) < 4.78 is 0. The van der Waals surface area contributed by atoms with E-state index in [0.29, 0.717) is 11.0 Å². The van der Waals surface area contributed by atoms with Crippen LogP contribution in [0.4, 0.5) is 0 Å². The first-order valence-electron chi connectivity index (χ1n) is 7.14. The standard InChI is InChI=1S/C14H28N2/c1-3-5-14(8-10-15-11-9-14)12-16-13(2)6-4-7-13/h15-16H,3-12H2,1-2H3. The zero-order valence-corrected chi connectivity index (χ0v) is 11.1. The molecule has 2 heteroatoms. The van der Waals surface area contributed by atoms with E-state index in [1.165, 1.54) is 64.6 Å². The minimum atomic E-state index is 0.478. The van der Waals surface area contributed by atoms with Gasteiger partial charge < -0.3 is 10.6 Å². The van der Waals surface area contributed by atoms with Crippen LogP contribution in [0.3, 0.4) is 0 Å². The van der Waals surface area contributed by atoms with Gasteiger partial charge in [-0.3, -0.25) is 0 Å². The van der Waals surface area contributed by atoms with Gasteiger partial charge in [-0.05, 0) is 64.0 Å². The second-order valence-corrected chi connectivity index (χ2v) is 6.27. The zero-order chi connectivity index (χ0) is 11.5. The molecule has 0 aromatic carbocycles. The van der Waals surface area contributed by atoms with Gasteiger partial charge in [0.15, 0.2) is 0 Å². The van der Waals surface area contributed by atoms with E-state index in [9.17, 15) is 0 Å². The van der Waals surface area contributed by atoms with Crippen LogP contribution in [0.15, 0.2) is 0 Å². The van der Waals surface area contributed by atoms with Gasteiger partial charge in [0.25, 0.3) is 0 Å². The first-order valence-corrected chi connectivity index (χ1v) is 7.14. The van der Waals surface area contributed by atoms with E-state index in [4.69, 9.17) is 0 Å². The normalized spacial score (nSPS) is 27.4. The molecule has 1 aliphatic heterocycles. The third-order valence-corrected chi connectivity index (χ3v) is 4.79. The summed E-state index contributed by atoms with van der Waals surface area (Å²) in [5.41, 5.74) is 1.07. The van der Waals surface area contributed by atoms with E-state index in [1.807, 2.05) is 0 Å². The van der Waals surface area contributed by atoms with Gasteiger partial charge in [0.1, 0.15) is 0 Å². The number of nitrogens with one attached hydrogen (secondary N) is 2. The van der Waals surface area contributed by atoms with E-state index in [0.717, 1.165) is 0 Å². The highest BCUT2D eigenvalue weighted by Gasteiger charge is 2.36. The Kier molecular flexibility index (Phi) is 3.91. The molecular formula is C14H28N2. The largest absolute Gasteiger partial charge is 0.317 e. The molecule has 0 atom stereocenters. The fourth-order valence-corrected chi connectivity index (χ4v) is 3.29. The molecule has 0 spiro atoms. The molecular weight excluding hydrogens is 196 g/mol. The SMILES string of the molecule is CCCC1(CNC2(C)CCC2)CCNCC1. The third-order valence-electron chi connectivity index (χ3n) is 4.79. The summed E-state index contributed by atoms with van der Waals surface area (Å²) in [6, 6.07) is 0. The van der Waals surface area contributed by atoms with Gasteiger partial charge in [0.05, 0.1) is 0 Å². The van der Waals surface area contributed by atoms with Gasteiger partial charge in [0, 0.05) is 12.1 Å². The molecule has 0 unspecified atom stereocenters. The smallest absolute Gasteiger partial charge is 0.0153 e. The second-order valence-electron chi connectivity index (χ2n) is 6.27. The average molecular weight is 224 g/mol. The van der Waals surface area contributed by atoms with Crippen LogP contribution in [0.1, 0.15) is 58.8 Å². The molecule has 0 radical (unpaired) electrons. The lowest BCUT2D eigenvalue weighted by molar-refractivity contribution is 0.125. The summed E-state index contributed by atoms with van der Waals surface area (Å²) in [7, 11) is 0. The number of piperidine rings is 1. The van der Waals surface area contributed by atoms with E-state index < -0.39 is 0 Å². The van der Waals surface area contributed by atoms with Crippen molar-refractivity contribution < 1.29 is 0 Å². The van der Waals surface area contributed by atoms with Crippen molar-refractivity contribution in [3.63, 3.8) is 0 Å². The van der Waals surface area contributed by atoms with Gasteiger partial charge in [-0.25, -0.2) is 0 Å². The highest BCUT2D eigenvalue weighted by Crippen LogP contribution is 2.36. The number of hydrogen-bond donors (Lipinski definition) is 2. The van der Waals surface area contributed by atoms with Gasteiger partial charge in [-0.15, -0.1) is 0 Å². The molecule has 94 valence electrons. The molecule has 2 fully saturated rings. The Hall–Kier alpha value is -0.0800. The van der Waals surface area contributed by atoms with Gasteiger partial charge in [0.2, 0.25) is 0 Å². The maximum absolute atomic E-state index is 3.86. The number of hydrogen-bond acceptors (Lipinski definition) is 2. The first kappa shape index (κ1) is 12.4. The van der Waals surface area contributed by atoms with Crippen molar-refractivity contribution in [2.45, 2.75) is 64.3 Å². The van der Waals surface area contributed by atoms with Crippen LogP contribution in [0.5, 0.6) is 0 Å². The fraction of sp³-hybridized carbons (Fsp3) is 1.00. The van der Waals surface area contributed by atoms with Crippen molar-refractivity contribution in [2.24, 2.45) is 5.41 Å². The Morgan fingerprint density at radius 1 is 1.12 bits per heavy atom. The van der Waals surface area contributed by atoms with Crippen molar-refractivity contribution in [2.75, 3.05) is 19.6 Å². The van der Waals surface area contributed by atoms with E-state index in [-0.39, 0.29) is 0 Å². The van der Waals surface area contributed by atoms with Crippen molar-refractivity contribution in [3.05, 3.63) is 0 Å². The highest BCUT2D eigenvalue weighted by molar-refractivity contribution is 4.95. The maximum atomic E-state index is 3.86. The Morgan fingerprint density at radius 2 is 1.81 bits per heavy atom. The fourth-order valence-electron chi connectivity index (χ4n) is 3.29. The summed E-state index contributed by atoms with van der Waals surface area (Å²) in [4.78, 5) is 0. The molecule has 2 aliphatic rings. The van der Waals surface area contributed by atoms with E-state index in [1.54, 1.807) is 0 Å². The van der Waals surface area contributed by atoms with Gasteiger partial charge in [-0.1, -0.05) is 13.3 Å². The molecule has 1 aliphatic carbocycles. The summed E-state index contributed by atoms with van der Waals surface area (Å²) in [5.74, 6) is 0. The minimum Gasteiger partial charge on any atom is -0.317 e. The summed E-state index contributed by atoms with van der Waals surface area (Å²) in [5, 5.41) is 7.36. The van der Waals surface area contributed by atoms with E-state index in [2.05, 4.69) is 24.5 Å². The summed E-state index contributed by atoms with van der Waals surface area (Å²) in [6.07, 6.45) is 9.65. The predicted molar refractivity (Wildman–Crippen MR) is 69.7 cm³/mol. The topological polar surface area (TPSA) is 24.1 Å². The Labute approximate surface area is 101 Å². The van der Waals surface area contributed by atoms with Crippen LogP contribution in [0.25, 0.3) is 0 Å². The van der Waals surface area contributed by atoms with Crippen molar-refractivity contribution in [1.82, 2.24) is 10.6 Å². The lowest BCUT2D eigenvalue weighted by Crippen LogP contribution is -2.53. The van der Waals surface area contributed by atoms with Crippen LogP contribution >= 0.6 is 0 Å². The predicted octanol–water partition coefficient (Wildman–Crippen LogP) is 2.69. The Bertz CT molecular complexity index is 209. The molecule has 0 bridgehead atoms. The zero-order valence-electron chi connectivity index (χ0n) is 11.1. The molecule has 2 N–H and O–H groups in total. The van der Waals surface area contributed by atoms with Crippen molar-refractivity contribution in [3.8, 4) is 0 Å². The molecule has 2 rings (SSSR count). The maximum Gasteiger partial charge on any atom is 0.0153 e. The third kappa shape index (κ3) is 2.78. The molecule has 1 heterocycles. The minimum absolute atomic E-state index is 0.478. The number of rotatable bonds is 5. The molecule has 0 aromatic rings. The van der Waals surface area contributed by atoms with Crippen LogP contribution in [-0.2, 0) is 0 Å². The lowest BCUT2D eigenvalue weighted by Gasteiger charge is -2.45. The molecule has 1 saturated heterocycles. The quantitative estimate of drug-likeness (QED) is 0.750. The highest BCUT2D eigenvalue weighted by atomic mass is 15.0. The summed E-state index contributed by atoms with van der Waals surface area (Å²) >= 11 is 0. The van der Waals surface area contributed by atoms with Crippen LogP contribution in [-0.4, -0.2) is 25.2 Å². The lowest BCUT2D eigenvalue weighted by atomic mass is 9.73. The van der Waals surface area contributed by atoms with Crippen molar-refractivity contribution in [1.29, 1.82) is 0 Å². The van der Waals surface area contributed by atoms with Crippen LogP contribution in [0, 0.1) is 5.41 Å². The van der Waals surface area contributed by atoms with Gasteiger partial charge >= 0.3 is 0 Å². The van der Waals surface area contributed by atoms with Crippen LogP contribution in [0.2, 0.25) is 0 Å². The average Bonchev–Trinajstić information content (AvgIpc) is 2.26. The van der Waals surface area contributed by atoms with Gasteiger partial charge in [-0.2, -0.15) is 0 Å². The molecule has 1 saturated carbocycles. The second kappa shape index (κ2) is 5.05. The Morgan fingerprint density at radius 3 is 2.31 bits per heavy atom. The molecule has 2 nitrogen and oxygen atoms in total. The Balaban J connectivity index is 1.86. The first-order chi connectivity index (χ1) is 7.68. The summed E-state index contributed by atoms with van der Waals surface area (Å²) in [6.45, 7) is 8.42. The van der Waals surface area contributed by atoms with Crippen LogP contribution < -0.4 is 10.6 Å². The van der Waals surface area contributed by atoms with E-state index >= 15 is 0 Å². The monoisotopic (exact) mass is 224 g/mol.